The molecule has 1 aliphatic heterocycles. The summed E-state index contributed by atoms with van der Waals surface area (Å²) in [5, 5.41) is 25.7. The Bertz CT molecular complexity index is 1170. The third-order valence-electron chi connectivity index (χ3n) is 8.49. The van der Waals surface area contributed by atoms with Gasteiger partial charge in [0, 0.05) is 30.7 Å². The van der Waals surface area contributed by atoms with Crippen LogP contribution >= 0.6 is 0 Å². The van der Waals surface area contributed by atoms with Crippen LogP contribution in [0.1, 0.15) is 46.6 Å². The van der Waals surface area contributed by atoms with Gasteiger partial charge in [-0.15, -0.1) is 0 Å². The Kier molecular flexibility index (Phi) is 7.32. The maximum Gasteiger partial charge on any atom is 0.303 e. The van der Waals surface area contributed by atoms with Gasteiger partial charge < -0.3 is 20.3 Å². The van der Waals surface area contributed by atoms with E-state index in [1.165, 1.54) is 26.0 Å². The lowest BCUT2D eigenvalue weighted by Gasteiger charge is -2.49. The fraction of sp³-hybridized carbons (Fsp3) is 0.500. The molecule has 7 nitrogen and oxygen atoms in total. The Labute approximate surface area is 218 Å². The van der Waals surface area contributed by atoms with Crippen molar-refractivity contribution in [2.45, 2.75) is 71.3 Å². The van der Waals surface area contributed by atoms with Crippen molar-refractivity contribution < 1.29 is 29.3 Å². The van der Waals surface area contributed by atoms with Crippen LogP contribution in [-0.2, 0) is 25.5 Å². The average Bonchev–Trinajstić information content (AvgIpc) is 3.13. The third kappa shape index (κ3) is 4.59. The zero-order valence-corrected chi connectivity index (χ0v) is 22.1. The van der Waals surface area contributed by atoms with E-state index in [9.17, 15) is 24.6 Å². The number of esters is 1. The lowest BCUT2D eigenvalue weighted by atomic mass is 9.54. The highest BCUT2D eigenvalue weighted by atomic mass is 16.5. The van der Waals surface area contributed by atoms with Crippen LogP contribution in [0.3, 0.4) is 0 Å². The standard InChI is InChI=1S/C30H37NO6/c1-17-10-9-13-22-26(33)19(3)18(2)25-23(16-21-11-7-6-8-12-21)31-28(35)30(22,25)24(37-20(4)32)14-15-29(5,36)27(17)34/h6-9,11-15,17,22-26,33,36H,10,16H2,1-5H3,(H,31,35)/b13-9-,15-14-/t17-,22+,23+,24+,25+,26-,29+,30-/m0/s1. The van der Waals surface area contributed by atoms with Crippen LogP contribution < -0.4 is 5.32 Å². The third-order valence-corrected chi connectivity index (χ3v) is 8.49. The maximum atomic E-state index is 14.2. The monoisotopic (exact) mass is 507 g/mol. The molecule has 37 heavy (non-hydrogen) atoms. The number of hydrogen-bond acceptors (Lipinski definition) is 6. The second-order valence-electron chi connectivity index (χ2n) is 11.0. The second kappa shape index (κ2) is 10.0. The fourth-order valence-electron chi connectivity index (χ4n) is 6.54. The van der Waals surface area contributed by atoms with Gasteiger partial charge in [-0.05, 0) is 56.9 Å². The Hall–Kier alpha value is -3.03. The Balaban J connectivity index is 1.96. The average molecular weight is 508 g/mol. The van der Waals surface area contributed by atoms with Crippen molar-refractivity contribution in [1.82, 2.24) is 5.32 Å². The minimum absolute atomic E-state index is 0.314. The van der Waals surface area contributed by atoms with Gasteiger partial charge in [-0.25, -0.2) is 0 Å². The molecule has 1 fully saturated rings. The lowest BCUT2D eigenvalue weighted by Crippen LogP contribution is -2.58. The van der Waals surface area contributed by atoms with Crippen molar-refractivity contribution in [3.63, 3.8) is 0 Å². The summed E-state index contributed by atoms with van der Waals surface area (Å²) >= 11 is 0. The van der Waals surface area contributed by atoms with Gasteiger partial charge in [0.25, 0.3) is 0 Å². The maximum absolute atomic E-state index is 14.2. The Morgan fingerprint density at radius 3 is 2.46 bits per heavy atom. The Morgan fingerprint density at radius 1 is 1.14 bits per heavy atom. The predicted molar refractivity (Wildman–Crippen MR) is 139 cm³/mol. The van der Waals surface area contributed by atoms with Crippen LogP contribution in [0, 0.1) is 23.2 Å². The molecule has 1 amide bonds. The molecule has 1 aromatic carbocycles. The van der Waals surface area contributed by atoms with Crippen LogP contribution in [0.25, 0.3) is 0 Å². The van der Waals surface area contributed by atoms with Gasteiger partial charge in [0.05, 0.1) is 6.10 Å². The summed E-state index contributed by atoms with van der Waals surface area (Å²) < 4.78 is 5.82. The lowest BCUT2D eigenvalue weighted by molar-refractivity contribution is -0.161. The molecule has 1 spiro atoms. The van der Waals surface area contributed by atoms with Crippen molar-refractivity contribution in [3.8, 4) is 0 Å². The van der Waals surface area contributed by atoms with E-state index < -0.39 is 46.9 Å². The zero-order valence-electron chi connectivity index (χ0n) is 22.1. The van der Waals surface area contributed by atoms with E-state index in [0.29, 0.717) is 12.8 Å². The number of ketones is 1. The number of amides is 1. The highest BCUT2D eigenvalue weighted by Crippen LogP contribution is 2.57. The smallest absolute Gasteiger partial charge is 0.303 e. The molecule has 0 saturated carbocycles. The molecule has 8 atom stereocenters. The number of nitrogens with one attached hydrogen (secondary N) is 1. The molecule has 0 aromatic heterocycles. The van der Waals surface area contributed by atoms with E-state index in [1.54, 1.807) is 19.1 Å². The number of Topliss-reactive ketones (excluding diaryl/α,β-unsaturated/α-hetero) is 1. The van der Waals surface area contributed by atoms with E-state index >= 15 is 0 Å². The highest BCUT2D eigenvalue weighted by Gasteiger charge is 2.67. The normalized spacial score (nSPS) is 39.6. The van der Waals surface area contributed by atoms with E-state index in [0.717, 1.165) is 16.7 Å². The summed E-state index contributed by atoms with van der Waals surface area (Å²) in [5.41, 5.74) is -0.500. The molecular weight excluding hydrogens is 470 g/mol. The van der Waals surface area contributed by atoms with Gasteiger partial charge in [-0.3, -0.25) is 14.4 Å². The number of allylic oxidation sites excluding steroid dienone is 1. The van der Waals surface area contributed by atoms with Gasteiger partial charge >= 0.3 is 5.97 Å². The Morgan fingerprint density at radius 2 is 1.81 bits per heavy atom. The zero-order chi connectivity index (χ0) is 27.1. The fourth-order valence-corrected chi connectivity index (χ4v) is 6.54. The molecule has 1 heterocycles. The summed E-state index contributed by atoms with van der Waals surface area (Å²) in [6.07, 6.45) is 5.17. The van der Waals surface area contributed by atoms with Crippen molar-refractivity contribution >= 4 is 17.7 Å². The van der Waals surface area contributed by atoms with E-state index in [2.05, 4.69) is 5.32 Å². The molecule has 0 unspecified atom stereocenters. The van der Waals surface area contributed by atoms with Gasteiger partial charge in [-0.1, -0.05) is 55.0 Å². The minimum Gasteiger partial charge on any atom is -0.457 e. The molecule has 7 heteroatoms. The number of carbonyl (C=O) groups is 3. The molecule has 0 bridgehead atoms. The first-order valence-electron chi connectivity index (χ1n) is 12.9. The molecular formula is C30H37NO6. The summed E-state index contributed by atoms with van der Waals surface area (Å²) in [7, 11) is 0. The van der Waals surface area contributed by atoms with Crippen LogP contribution in [0.4, 0.5) is 0 Å². The van der Waals surface area contributed by atoms with Crippen LogP contribution in [0.15, 0.2) is 65.8 Å². The van der Waals surface area contributed by atoms with Crippen LogP contribution in [-0.4, -0.2) is 51.7 Å². The van der Waals surface area contributed by atoms with Gasteiger partial charge in [0.1, 0.15) is 17.1 Å². The number of rotatable bonds is 3. The first kappa shape index (κ1) is 27.0. The molecule has 3 N–H and O–H groups in total. The summed E-state index contributed by atoms with van der Waals surface area (Å²) in [6.45, 7) is 8.20. The largest absolute Gasteiger partial charge is 0.457 e. The molecule has 1 saturated heterocycles. The number of hydrogen-bond donors (Lipinski definition) is 3. The molecule has 2 aliphatic carbocycles. The van der Waals surface area contributed by atoms with Crippen LogP contribution in [0.5, 0.6) is 0 Å². The van der Waals surface area contributed by atoms with Crippen molar-refractivity contribution in [1.29, 1.82) is 0 Å². The van der Waals surface area contributed by atoms with E-state index in [1.807, 2.05) is 44.2 Å². The first-order valence-corrected chi connectivity index (χ1v) is 12.9. The number of ether oxygens (including phenoxy) is 1. The number of carbonyl (C=O) groups excluding carboxylic acids is 3. The summed E-state index contributed by atoms with van der Waals surface area (Å²) in [6, 6.07) is 9.52. The minimum atomic E-state index is -1.82. The second-order valence-corrected chi connectivity index (χ2v) is 11.0. The SMILES string of the molecule is CC(=O)O[C@@H]1/C=C\[C@@](C)(O)C(=O)[C@@H](C)C/C=C\[C@@H]2[C@@H](O)C(C)=C(C)[C@@H]3[C@@H](Cc4ccccc4)NC(=O)[C@]231. The molecule has 0 radical (unpaired) electrons. The van der Waals surface area contributed by atoms with Gasteiger partial charge in [0.15, 0.2) is 5.78 Å². The molecule has 4 rings (SSSR count). The molecule has 1 aromatic rings. The topological polar surface area (TPSA) is 113 Å². The van der Waals surface area contributed by atoms with Gasteiger partial charge in [0.2, 0.25) is 5.91 Å². The predicted octanol–water partition coefficient (Wildman–Crippen LogP) is 3.06. The molecule has 198 valence electrons. The van der Waals surface area contributed by atoms with Gasteiger partial charge in [-0.2, -0.15) is 0 Å². The number of benzene rings is 1. The highest BCUT2D eigenvalue weighted by molar-refractivity contribution is 5.91. The van der Waals surface area contributed by atoms with Crippen molar-refractivity contribution in [2.24, 2.45) is 23.2 Å². The molecule has 3 aliphatic rings. The number of aliphatic hydroxyl groups excluding tert-OH is 1. The number of aliphatic hydroxyl groups is 2. The van der Waals surface area contributed by atoms with Crippen LogP contribution in [0.2, 0.25) is 0 Å². The first-order chi connectivity index (χ1) is 17.4. The van der Waals surface area contributed by atoms with Crippen molar-refractivity contribution in [2.75, 3.05) is 0 Å². The summed E-state index contributed by atoms with van der Waals surface area (Å²) in [4.78, 5) is 39.5. The van der Waals surface area contributed by atoms with E-state index in [-0.39, 0.29) is 17.7 Å². The quantitative estimate of drug-likeness (QED) is 0.428. The summed E-state index contributed by atoms with van der Waals surface area (Å²) in [5.74, 6) is -2.92. The van der Waals surface area contributed by atoms with E-state index in [4.69, 9.17) is 4.74 Å². The van der Waals surface area contributed by atoms with Crippen molar-refractivity contribution in [3.05, 3.63) is 71.3 Å².